The number of esters is 4. The molecule has 4 heterocycles. The fourth-order valence-electron chi connectivity index (χ4n) is 11.1. The molecule has 0 saturated carbocycles. The molecule has 0 atom stereocenters. The minimum atomic E-state index is -2.85. The van der Waals surface area contributed by atoms with Crippen molar-refractivity contribution >= 4 is 90.7 Å². The number of allylic oxidation sites excluding steroid dienone is 4. The molecule has 0 amide bonds. The van der Waals surface area contributed by atoms with E-state index in [-0.39, 0.29) is 125 Å². The number of nitrogens with zero attached hydrogens (tertiary/aromatic N) is 6. The molecule has 92 heavy (non-hydrogen) atoms. The smallest absolute Gasteiger partial charge is 0.367 e. The van der Waals surface area contributed by atoms with Gasteiger partial charge in [-0.3, -0.25) is 9.59 Å². The maximum Gasteiger partial charge on any atom is 0.367 e. The number of nitriles is 4. The number of Topliss-reactive ketones (excluding diaryl/α,β-unsaturated/α-hetero) is 2. The average Bonchev–Trinajstić information content (AvgIpc) is 1.29. The molecular formula is C72H40N6O12S2. The molecule has 7 aromatic carbocycles. The van der Waals surface area contributed by atoms with Crippen molar-refractivity contribution < 1.29 is 57.2 Å². The lowest BCUT2D eigenvalue weighted by atomic mass is 9.85. The zero-order chi connectivity index (χ0) is 63.7. The number of thiophene rings is 2. The van der Waals surface area contributed by atoms with Crippen molar-refractivity contribution in [1.82, 2.24) is 0 Å². The minimum absolute atomic E-state index is 0.0364. The summed E-state index contributed by atoms with van der Waals surface area (Å²) < 4.78 is 38.0. The van der Waals surface area contributed by atoms with E-state index in [0.29, 0.717) is 22.3 Å². The molecule has 13 rings (SSSR count). The highest BCUT2D eigenvalue weighted by molar-refractivity contribution is 7.20. The average molecular weight is 1250 g/mol. The third kappa shape index (κ3) is 10.2. The Morgan fingerprint density at radius 1 is 0.391 bits per heavy atom. The Labute approximate surface area is 531 Å². The van der Waals surface area contributed by atoms with Crippen LogP contribution in [0.4, 0.5) is 10.0 Å². The van der Waals surface area contributed by atoms with E-state index < -0.39 is 57.8 Å². The van der Waals surface area contributed by atoms with Crippen molar-refractivity contribution in [3.63, 3.8) is 0 Å². The van der Waals surface area contributed by atoms with Crippen molar-refractivity contribution in [1.29, 1.82) is 21.0 Å². The molecule has 0 spiro atoms. The quantitative estimate of drug-likeness (QED) is 0.0423. The van der Waals surface area contributed by atoms with E-state index >= 15 is 19.2 Å². The van der Waals surface area contributed by atoms with E-state index in [1.165, 1.54) is 36.4 Å². The SMILES string of the molecule is N#CC(C#N)=C1/C(=N/c2cc3c(s2)-c2cc4c(cc2OC3(C(=O)OCc2ccccc2)C(=O)OCc2ccccc2)-c2sc(/N=C3\C(=O)c5ccccc5C3=C(C#N)C#N)cc2C(C(=O)OCc2ccccc2)(C(=O)OCc2ccccc2)O4)C(=O)c2ccccc21. The normalized spacial score (nSPS) is 14.8. The number of benzene rings is 7. The number of carbonyl (C=O) groups is 6. The van der Waals surface area contributed by atoms with Gasteiger partial charge >= 0.3 is 35.1 Å². The lowest BCUT2D eigenvalue weighted by Gasteiger charge is -2.37. The van der Waals surface area contributed by atoms with E-state index in [2.05, 4.69) is 0 Å². The second-order valence-corrected chi connectivity index (χ2v) is 23.0. The first-order chi connectivity index (χ1) is 44.9. The van der Waals surface area contributed by atoms with E-state index in [4.69, 9.17) is 38.4 Å². The summed E-state index contributed by atoms with van der Waals surface area (Å²) in [5.74, 6) is -6.60. The van der Waals surface area contributed by atoms with Crippen LogP contribution in [0.5, 0.6) is 11.5 Å². The Balaban J connectivity index is 1.05. The second kappa shape index (κ2) is 24.3. The Hall–Kier alpha value is -12.5. The van der Waals surface area contributed by atoms with Crippen LogP contribution in [-0.2, 0) is 75.8 Å². The Kier molecular flexibility index (Phi) is 15.4. The molecule has 2 aromatic heterocycles. The predicted molar refractivity (Wildman–Crippen MR) is 335 cm³/mol. The summed E-state index contributed by atoms with van der Waals surface area (Å²) in [6, 6.07) is 60.3. The summed E-state index contributed by atoms with van der Waals surface area (Å²) in [5, 5.41) is 40.9. The molecule has 0 fully saturated rings. The molecule has 9 aromatic rings. The molecule has 2 aliphatic heterocycles. The number of fused-ring (bicyclic) bond motifs is 8. The minimum Gasteiger partial charge on any atom is -0.459 e. The van der Waals surface area contributed by atoms with Crippen LogP contribution >= 0.6 is 22.7 Å². The number of aliphatic imine (C=N–C) groups is 2. The van der Waals surface area contributed by atoms with E-state index in [1.807, 2.05) is 24.3 Å². The van der Waals surface area contributed by atoms with E-state index in [1.54, 1.807) is 158 Å². The third-order valence-corrected chi connectivity index (χ3v) is 17.6. The summed E-state index contributed by atoms with van der Waals surface area (Å²) >= 11 is 1.73. The molecular weight excluding hydrogens is 1200 g/mol. The first-order valence-electron chi connectivity index (χ1n) is 28.1. The molecule has 0 bridgehead atoms. The number of carbonyl (C=O) groups excluding carboxylic acids is 6. The number of rotatable bonds is 14. The molecule has 0 unspecified atom stereocenters. The molecule has 20 heteroatoms. The van der Waals surface area contributed by atoms with Gasteiger partial charge < -0.3 is 28.4 Å². The molecule has 442 valence electrons. The van der Waals surface area contributed by atoms with Gasteiger partial charge in [0, 0.05) is 54.3 Å². The Bertz CT molecular complexity index is 4490. The predicted octanol–water partition coefficient (Wildman–Crippen LogP) is 12.8. The second-order valence-electron chi connectivity index (χ2n) is 20.9. The van der Waals surface area contributed by atoms with Crippen molar-refractivity contribution in [2.45, 2.75) is 37.6 Å². The summed E-state index contributed by atoms with van der Waals surface area (Å²) in [6.45, 7) is -1.43. The third-order valence-electron chi connectivity index (χ3n) is 15.5. The highest BCUT2D eigenvalue weighted by Gasteiger charge is 2.61. The van der Waals surface area contributed by atoms with Crippen molar-refractivity contribution in [3.05, 3.63) is 261 Å². The number of ether oxygens (including phenoxy) is 6. The summed E-state index contributed by atoms with van der Waals surface area (Å²) in [7, 11) is 0. The summed E-state index contributed by atoms with van der Waals surface area (Å²) in [6.07, 6.45) is 0. The van der Waals surface area contributed by atoms with Crippen LogP contribution < -0.4 is 9.47 Å². The zero-order valence-electron chi connectivity index (χ0n) is 47.7. The first-order valence-corrected chi connectivity index (χ1v) is 29.8. The van der Waals surface area contributed by atoms with Crippen LogP contribution in [0.2, 0.25) is 0 Å². The molecule has 0 N–H and O–H groups in total. The summed E-state index contributed by atoms with van der Waals surface area (Å²) in [4.78, 5) is 101. The maximum absolute atomic E-state index is 15.5. The number of hydrogen-bond acceptors (Lipinski definition) is 20. The summed E-state index contributed by atoms with van der Waals surface area (Å²) in [5.41, 5.74) is -4.39. The first kappa shape index (κ1) is 58.6. The van der Waals surface area contributed by atoms with Gasteiger partial charge in [0.15, 0.2) is 0 Å². The largest absolute Gasteiger partial charge is 0.459 e. The lowest BCUT2D eigenvalue weighted by Crippen LogP contribution is -2.52. The van der Waals surface area contributed by atoms with Crippen LogP contribution in [0, 0.1) is 45.3 Å². The topological polar surface area (TPSA) is 278 Å². The van der Waals surface area contributed by atoms with Gasteiger partial charge in [0.2, 0.25) is 11.6 Å². The van der Waals surface area contributed by atoms with E-state index in [9.17, 15) is 30.6 Å². The van der Waals surface area contributed by atoms with Crippen LogP contribution in [0.15, 0.2) is 215 Å². The van der Waals surface area contributed by atoms with Gasteiger partial charge in [0.25, 0.3) is 0 Å². The number of hydrogen-bond donors (Lipinski definition) is 0. The van der Waals surface area contributed by atoms with Crippen molar-refractivity contribution in [2.75, 3.05) is 0 Å². The monoisotopic (exact) mass is 1240 g/mol. The Morgan fingerprint density at radius 2 is 0.674 bits per heavy atom. The van der Waals surface area contributed by atoms with Crippen LogP contribution in [0.25, 0.3) is 32.0 Å². The van der Waals surface area contributed by atoms with Crippen LogP contribution in [0.3, 0.4) is 0 Å². The van der Waals surface area contributed by atoms with Gasteiger partial charge in [-0.2, -0.15) is 21.0 Å². The van der Waals surface area contributed by atoms with E-state index in [0.717, 1.165) is 22.7 Å². The Morgan fingerprint density at radius 3 is 0.967 bits per heavy atom. The number of ketones is 2. The highest BCUT2D eigenvalue weighted by Crippen LogP contribution is 2.59. The van der Waals surface area contributed by atoms with Gasteiger partial charge in [-0.15, -0.1) is 22.7 Å². The van der Waals surface area contributed by atoms with Gasteiger partial charge in [0.1, 0.15) is 94.8 Å². The fraction of sp³-hybridized carbons (Fsp3) is 0.0833. The van der Waals surface area contributed by atoms with Gasteiger partial charge in [-0.1, -0.05) is 170 Å². The van der Waals surface area contributed by atoms with Gasteiger partial charge in [0.05, 0.1) is 0 Å². The van der Waals surface area contributed by atoms with Gasteiger partial charge in [-0.05, 0) is 57.6 Å². The van der Waals surface area contributed by atoms with Crippen molar-refractivity contribution in [3.8, 4) is 56.7 Å². The molecule has 4 aliphatic rings. The fourth-order valence-corrected chi connectivity index (χ4v) is 13.3. The molecule has 0 saturated heterocycles. The molecule has 18 nitrogen and oxygen atoms in total. The van der Waals surface area contributed by atoms with Gasteiger partial charge in [-0.25, -0.2) is 29.2 Å². The van der Waals surface area contributed by atoms with Crippen LogP contribution in [-0.4, -0.2) is 46.9 Å². The highest BCUT2D eigenvalue weighted by atomic mass is 32.1. The lowest BCUT2D eigenvalue weighted by molar-refractivity contribution is -0.185. The maximum atomic E-state index is 15.5. The zero-order valence-corrected chi connectivity index (χ0v) is 49.3. The molecule has 2 aliphatic carbocycles. The molecule has 0 radical (unpaired) electrons. The standard InChI is InChI=1S/C72H40N6O12S2/c73-33-45(34-74)59-47-25-13-15-27-49(47)63(79)61(59)77-57-31-53-65(91-57)51-30-56-52(29-55(51)89-71(53,67(81)85-37-41-17-5-1-6-18-41)68(82)86-38-42-19-7-2-8-20-42)66-54(32-58(92-66)78-62-60(46(35-75)36-76)48-26-14-16-28-50(48)64(62)80)72(90-56,69(83)87-39-43-21-9-3-10-22-43)70(84)88-40-44-23-11-4-12-24-44/h1-32H,37-40H2/b77-61-,78-62-. The van der Waals surface area contributed by atoms with Crippen molar-refractivity contribution in [2.24, 2.45) is 9.98 Å². The van der Waals surface area contributed by atoms with Crippen LogP contribution in [0.1, 0.15) is 65.2 Å².